The van der Waals surface area contributed by atoms with Crippen LogP contribution in [-0.2, 0) is 0 Å². The molecule has 110 valence electrons. The molecule has 1 heterocycles. The van der Waals surface area contributed by atoms with Crippen LogP contribution in [0.5, 0.6) is 0 Å². The fourth-order valence-corrected chi connectivity index (χ4v) is 2.47. The molecule has 0 aliphatic heterocycles. The summed E-state index contributed by atoms with van der Waals surface area (Å²) in [5, 5.41) is 12.4. The van der Waals surface area contributed by atoms with Crippen molar-refractivity contribution in [2.24, 2.45) is 0 Å². The molecule has 0 saturated carbocycles. The number of carbonyl (C=O) groups is 1. The summed E-state index contributed by atoms with van der Waals surface area (Å²) in [5.41, 5.74) is 1.78. The minimum Gasteiger partial charge on any atom is -0.478 e. The normalized spacial score (nSPS) is 10.7. The SMILES string of the molecule is CC(C)c1cc(C(=O)O)cc(Nc2cc(Br)ccc2Br)n1. The van der Waals surface area contributed by atoms with Gasteiger partial charge >= 0.3 is 5.97 Å². The molecule has 2 N–H and O–H groups in total. The molecule has 0 atom stereocenters. The highest BCUT2D eigenvalue weighted by molar-refractivity contribution is 9.11. The van der Waals surface area contributed by atoms with Crippen molar-refractivity contribution < 1.29 is 9.90 Å². The second-order valence-electron chi connectivity index (χ2n) is 4.87. The molecule has 21 heavy (non-hydrogen) atoms. The van der Waals surface area contributed by atoms with E-state index in [9.17, 15) is 9.90 Å². The lowest BCUT2D eigenvalue weighted by atomic mass is 10.1. The van der Waals surface area contributed by atoms with Gasteiger partial charge in [0.2, 0.25) is 0 Å². The number of aromatic nitrogens is 1. The number of carboxylic acid groups (broad SMARTS) is 1. The molecule has 0 radical (unpaired) electrons. The maximum absolute atomic E-state index is 11.2. The molecule has 0 bridgehead atoms. The number of hydrogen-bond donors (Lipinski definition) is 2. The maximum atomic E-state index is 11.2. The minimum absolute atomic E-state index is 0.149. The van der Waals surface area contributed by atoms with Gasteiger partial charge in [-0.05, 0) is 52.2 Å². The van der Waals surface area contributed by atoms with Crippen molar-refractivity contribution in [2.75, 3.05) is 5.32 Å². The first-order chi connectivity index (χ1) is 9.86. The Balaban J connectivity index is 2.43. The Labute approximate surface area is 139 Å². The Morgan fingerprint density at radius 1 is 1.24 bits per heavy atom. The van der Waals surface area contributed by atoms with Crippen LogP contribution in [0, 0.1) is 0 Å². The van der Waals surface area contributed by atoms with Gasteiger partial charge in [-0.15, -0.1) is 0 Å². The second kappa shape index (κ2) is 6.58. The topological polar surface area (TPSA) is 62.2 Å². The Morgan fingerprint density at radius 3 is 2.57 bits per heavy atom. The van der Waals surface area contributed by atoms with Crippen LogP contribution in [0.1, 0.15) is 35.8 Å². The van der Waals surface area contributed by atoms with E-state index in [1.54, 1.807) is 6.07 Å². The van der Waals surface area contributed by atoms with E-state index in [2.05, 4.69) is 42.2 Å². The lowest BCUT2D eigenvalue weighted by Gasteiger charge is -2.12. The predicted molar refractivity (Wildman–Crippen MR) is 90.4 cm³/mol. The molecule has 0 unspecified atom stereocenters. The van der Waals surface area contributed by atoms with Crippen molar-refractivity contribution in [2.45, 2.75) is 19.8 Å². The molecule has 6 heteroatoms. The van der Waals surface area contributed by atoms with E-state index >= 15 is 0 Å². The van der Waals surface area contributed by atoms with Crippen molar-refractivity contribution in [3.05, 3.63) is 50.5 Å². The van der Waals surface area contributed by atoms with Gasteiger partial charge in [-0.3, -0.25) is 0 Å². The highest BCUT2D eigenvalue weighted by atomic mass is 79.9. The zero-order chi connectivity index (χ0) is 15.6. The van der Waals surface area contributed by atoms with Crippen molar-refractivity contribution in [1.82, 2.24) is 4.98 Å². The van der Waals surface area contributed by atoms with Gasteiger partial charge in [0, 0.05) is 14.6 Å². The zero-order valence-corrected chi connectivity index (χ0v) is 14.7. The van der Waals surface area contributed by atoms with E-state index in [0.717, 1.165) is 20.3 Å². The fraction of sp³-hybridized carbons (Fsp3) is 0.200. The molecular formula is C15H14Br2N2O2. The number of rotatable bonds is 4. The first-order valence-electron chi connectivity index (χ1n) is 6.34. The van der Waals surface area contributed by atoms with Crippen LogP contribution in [0.25, 0.3) is 0 Å². The predicted octanol–water partition coefficient (Wildman–Crippen LogP) is 5.17. The summed E-state index contributed by atoms with van der Waals surface area (Å²) in [4.78, 5) is 15.7. The van der Waals surface area contributed by atoms with Gasteiger partial charge in [-0.2, -0.15) is 0 Å². The van der Waals surface area contributed by atoms with Crippen LogP contribution < -0.4 is 5.32 Å². The van der Waals surface area contributed by atoms with E-state index in [0.29, 0.717) is 5.82 Å². The number of pyridine rings is 1. The van der Waals surface area contributed by atoms with Crippen LogP contribution in [-0.4, -0.2) is 16.1 Å². The third-order valence-electron chi connectivity index (χ3n) is 2.87. The summed E-state index contributed by atoms with van der Waals surface area (Å²) >= 11 is 6.87. The lowest BCUT2D eigenvalue weighted by molar-refractivity contribution is 0.0696. The molecular weight excluding hydrogens is 400 g/mol. The molecule has 0 aliphatic rings. The van der Waals surface area contributed by atoms with Gasteiger partial charge in [-0.1, -0.05) is 29.8 Å². The monoisotopic (exact) mass is 412 g/mol. The average molecular weight is 414 g/mol. The smallest absolute Gasteiger partial charge is 0.335 e. The van der Waals surface area contributed by atoms with Crippen LogP contribution in [0.4, 0.5) is 11.5 Å². The van der Waals surface area contributed by atoms with E-state index in [-0.39, 0.29) is 11.5 Å². The number of hydrogen-bond acceptors (Lipinski definition) is 3. The second-order valence-corrected chi connectivity index (χ2v) is 6.64. The standard InChI is InChI=1S/C15H14Br2N2O2/c1-8(2)12-5-9(15(20)21)6-14(18-12)19-13-7-10(16)3-4-11(13)17/h3-8H,1-2H3,(H,18,19)(H,20,21). The van der Waals surface area contributed by atoms with Gasteiger partial charge in [-0.25, -0.2) is 9.78 Å². The number of halogens is 2. The van der Waals surface area contributed by atoms with E-state index in [1.807, 2.05) is 32.0 Å². The summed E-state index contributed by atoms with van der Waals surface area (Å²) < 4.78 is 1.80. The summed E-state index contributed by atoms with van der Waals surface area (Å²) in [6.07, 6.45) is 0. The van der Waals surface area contributed by atoms with Gasteiger partial charge in [0.15, 0.2) is 0 Å². The zero-order valence-electron chi connectivity index (χ0n) is 11.5. The molecule has 2 rings (SSSR count). The number of aromatic carboxylic acids is 1. The first kappa shape index (κ1) is 16.0. The summed E-state index contributed by atoms with van der Waals surface area (Å²) in [7, 11) is 0. The molecule has 0 fully saturated rings. The Morgan fingerprint density at radius 2 is 1.95 bits per heavy atom. The average Bonchev–Trinajstić information content (AvgIpc) is 2.42. The van der Waals surface area contributed by atoms with Gasteiger partial charge < -0.3 is 10.4 Å². The fourth-order valence-electron chi connectivity index (χ4n) is 1.77. The van der Waals surface area contributed by atoms with Crippen LogP contribution in [0.15, 0.2) is 39.3 Å². The van der Waals surface area contributed by atoms with Crippen molar-refractivity contribution >= 4 is 49.3 Å². The number of nitrogens with one attached hydrogen (secondary N) is 1. The van der Waals surface area contributed by atoms with E-state index in [1.165, 1.54) is 6.07 Å². The molecule has 4 nitrogen and oxygen atoms in total. The van der Waals surface area contributed by atoms with Crippen molar-refractivity contribution in [1.29, 1.82) is 0 Å². The van der Waals surface area contributed by atoms with Gasteiger partial charge in [0.25, 0.3) is 0 Å². The van der Waals surface area contributed by atoms with Crippen LogP contribution in [0.2, 0.25) is 0 Å². The first-order valence-corrected chi connectivity index (χ1v) is 7.93. The highest BCUT2D eigenvalue weighted by Crippen LogP contribution is 2.29. The van der Waals surface area contributed by atoms with Gasteiger partial charge in [0.05, 0.1) is 11.3 Å². The Hall–Kier alpha value is -1.40. The maximum Gasteiger partial charge on any atom is 0.335 e. The van der Waals surface area contributed by atoms with Crippen LogP contribution >= 0.6 is 31.9 Å². The summed E-state index contributed by atoms with van der Waals surface area (Å²) in [5.74, 6) is -0.302. The van der Waals surface area contributed by atoms with E-state index in [4.69, 9.17) is 0 Å². The highest BCUT2D eigenvalue weighted by Gasteiger charge is 2.12. The largest absolute Gasteiger partial charge is 0.478 e. The molecule has 0 spiro atoms. The number of nitrogens with zero attached hydrogens (tertiary/aromatic N) is 1. The Bertz CT molecular complexity index is 687. The molecule has 2 aromatic rings. The number of carboxylic acids is 1. The lowest BCUT2D eigenvalue weighted by Crippen LogP contribution is -2.05. The summed E-state index contributed by atoms with van der Waals surface area (Å²) in [6, 6.07) is 8.84. The molecule has 0 saturated heterocycles. The van der Waals surface area contributed by atoms with Crippen molar-refractivity contribution in [3.63, 3.8) is 0 Å². The quantitative estimate of drug-likeness (QED) is 0.725. The summed E-state index contributed by atoms with van der Waals surface area (Å²) in [6.45, 7) is 3.96. The molecule has 0 amide bonds. The van der Waals surface area contributed by atoms with Gasteiger partial charge in [0.1, 0.15) is 5.82 Å². The molecule has 1 aromatic carbocycles. The number of anilines is 2. The Kier molecular flexibility index (Phi) is 5.00. The minimum atomic E-state index is -0.962. The molecule has 0 aliphatic carbocycles. The third-order valence-corrected chi connectivity index (χ3v) is 4.06. The molecule has 1 aromatic heterocycles. The van der Waals surface area contributed by atoms with Crippen LogP contribution in [0.3, 0.4) is 0 Å². The van der Waals surface area contributed by atoms with Crippen molar-refractivity contribution in [3.8, 4) is 0 Å². The van der Waals surface area contributed by atoms with E-state index < -0.39 is 5.97 Å². The number of benzene rings is 1. The third kappa shape index (κ3) is 4.04.